The van der Waals surface area contributed by atoms with Gasteiger partial charge in [-0.3, -0.25) is 9.59 Å². The van der Waals surface area contributed by atoms with E-state index in [-0.39, 0.29) is 56.5 Å². The molecule has 298 valence electrons. The van der Waals surface area contributed by atoms with Gasteiger partial charge in [-0.15, -0.1) is 0 Å². The Kier molecular flexibility index (Phi) is 15.1. The van der Waals surface area contributed by atoms with E-state index in [4.69, 9.17) is 11.5 Å². The zero-order valence-electron chi connectivity index (χ0n) is 29.8. The van der Waals surface area contributed by atoms with Crippen LogP contribution in [0.15, 0.2) is 131 Å². The predicted molar refractivity (Wildman–Crippen MR) is 211 cm³/mol. The number of amides is 2. The summed E-state index contributed by atoms with van der Waals surface area (Å²) in [5, 5.41) is 26.5. The Labute approximate surface area is 343 Å². The normalized spacial score (nSPS) is 15.2. The summed E-state index contributed by atoms with van der Waals surface area (Å²) < 4.78 is 66.8. The first-order valence-electron chi connectivity index (χ1n) is 17.1. The van der Waals surface area contributed by atoms with Crippen LogP contribution in [-0.2, 0) is 41.3 Å². The smallest absolute Gasteiger partial charge is 0.744 e. The van der Waals surface area contributed by atoms with Gasteiger partial charge in [0.05, 0.1) is 9.79 Å². The van der Waals surface area contributed by atoms with Gasteiger partial charge in [-0.1, -0.05) is 62.1 Å². The monoisotopic (exact) mass is 991 g/mol. The van der Waals surface area contributed by atoms with Gasteiger partial charge >= 0.3 is 21.1 Å². The molecule has 0 heterocycles. The van der Waals surface area contributed by atoms with Crippen molar-refractivity contribution in [2.45, 2.75) is 47.6 Å². The van der Waals surface area contributed by atoms with Gasteiger partial charge in [0.1, 0.15) is 31.7 Å². The summed E-state index contributed by atoms with van der Waals surface area (Å²) >= 11 is 0. The minimum Gasteiger partial charge on any atom is -0.744 e. The zero-order chi connectivity index (χ0) is 40.6. The molecule has 0 saturated heterocycles. The van der Waals surface area contributed by atoms with Gasteiger partial charge in [-0.25, -0.2) is 16.8 Å². The first kappa shape index (κ1) is 44.5. The van der Waals surface area contributed by atoms with E-state index in [1.807, 2.05) is 0 Å². The minimum absolute atomic E-state index is 0. The number of anilines is 2. The second kappa shape index (κ2) is 19.3. The first-order valence-corrected chi connectivity index (χ1v) is 19.9. The molecule has 2 unspecified atom stereocenters. The average molecular weight is 992 g/mol. The first-order chi connectivity index (χ1) is 26.5. The molecule has 0 radical (unpaired) electrons. The molecule has 1 saturated carbocycles. The molecular formula is C40H36N4O10PtS2. The minimum atomic E-state index is -4.69. The van der Waals surface area contributed by atoms with Crippen LogP contribution < -0.4 is 10.6 Å². The van der Waals surface area contributed by atoms with Gasteiger partial charge in [0, 0.05) is 33.3 Å². The third-order valence-electron chi connectivity index (χ3n) is 8.74. The summed E-state index contributed by atoms with van der Waals surface area (Å²) in [5.74, 6) is -1.29. The van der Waals surface area contributed by atoms with E-state index in [9.17, 15) is 45.7 Å². The Morgan fingerprint density at radius 1 is 0.561 bits per heavy atom. The van der Waals surface area contributed by atoms with Crippen molar-refractivity contribution in [3.8, 4) is 11.5 Å². The van der Waals surface area contributed by atoms with Crippen molar-refractivity contribution in [3.05, 3.63) is 144 Å². The molecule has 6 N–H and O–H groups in total. The molecule has 2 atom stereocenters. The Balaban J connectivity index is 0.000000209. The predicted octanol–water partition coefficient (Wildman–Crippen LogP) is 7.80. The number of phenols is 2. The molecule has 1 aliphatic carbocycles. The molecule has 6 aromatic rings. The molecule has 17 heteroatoms. The maximum Gasteiger partial charge on any atom is 4.00 e. The summed E-state index contributed by atoms with van der Waals surface area (Å²) in [6.45, 7) is 0. The maximum atomic E-state index is 12.1. The van der Waals surface area contributed by atoms with Crippen LogP contribution in [0.25, 0.3) is 33.0 Å². The number of hydrogen-bond donors (Lipinski definition) is 4. The van der Waals surface area contributed by atoms with Crippen molar-refractivity contribution in [2.75, 3.05) is 10.6 Å². The largest absolute Gasteiger partial charge is 4.00 e. The van der Waals surface area contributed by atoms with Gasteiger partial charge in [-0.05, 0) is 95.7 Å². The standard InChI is InChI=1S/2C17H13NO5S.C6H12N2.Pt/c2*19-16-10-14(24(21,22)23)9-12-8-13(6-7-15(12)16)18-17(20)11-4-2-1-3-5-11;7-5-3-1-2-4-6(5)8;/h2*1-10,19H,(H,18,20)(H,21,22,23);5-8H,1-4H2;/q;;-2;+4/p-2. The van der Waals surface area contributed by atoms with Crippen molar-refractivity contribution < 1.29 is 66.8 Å². The second-order valence-electron chi connectivity index (χ2n) is 12.8. The molecule has 0 aliphatic heterocycles. The van der Waals surface area contributed by atoms with Crippen LogP contribution >= 0.6 is 0 Å². The van der Waals surface area contributed by atoms with E-state index in [1.54, 1.807) is 72.8 Å². The van der Waals surface area contributed by atoms with E-state index in [1.165, 1.54) is 37.1 Å². The maximum absolute atomic E-state index is 12.1. The molecule has 1 fully saturated rings. The summed E-state index contributed by atoms with van der Waals surface area (Å²) in [6, 6.07) is 30.3. The fourth-order valence-corrected chi connectivity index (χ4v) is 6.86. The summed E-state index contributed by atoms with van der Waals surface area (Å²) in [6.07, 6.45) is 4.25. The van der Waals surface area contributed by atoms with E-state index < -0.39 is 30.0 Å². The van der Waals surface area contributed by atoms with E-state index in [2.05, 4.69) is 10.6 Å². The van der Waals surface area contributed by atoms with Crippen LogP contribution in [0, 0.1) is 0 Å². The van der Waals surface area contributed by atoms with Crippen molar-refractivity contribution >= 4 is 65.0 Å². The number of rotatable bonds is 6. The van der Waals surface area contributed by atoms with Gasteiger partial charge in [0.15, 0.2) is 0 Å². The Hall–Kier alpha value is -5.19. The van der Waals surface area contributed by atoms with Crippen molar-refractivity contribution in [1.82, 2.24) is 0 Å². The Morgan fingerprint density at radius 2 is 0.912 bits per heavy atom. The number of fused-ring (bicyclic) bond motifs is 2. The van der Waals surface area contributed by atoms with Gasteiger partial charge in [-0.2, -0.15) is 12.1 Å². The van der Waals surface area contributed by atoms with E-state index >= 15 is 0 Å². The molecule has 1 aliphatic rings. The zero-order valence-corrected chi connectivity index (χ0v) is 33.7. The average Bonchev–Trinajstić information content (AvgIpc) is 3.16. The van der Waals surface area contributed by atoms with Gasteiger partial charge < -0.3 is 41.4 Å². The third kappa shape index (κ3) is 12.2. The molecule has 0 spiro atoms. The second-order valence-corrected chi connectivity index (χ2v) is 15.6. The number of carbonyl (C=O) groups is 2. The quantitative estimate of drug-likeness (QED) is 0.118. The molecule has 14 nitrogen and oxygen atoms in total. The fourth-order valence-electron chi connectivity index (χ4n) is 5.81. The van der Waals surface area contributed by atoms with E-state index in [0.717, 1.165) is 37.1 Å². The summed E-state index contributed by atoms with van der Waals surface area (Å²) in [4.78, 5) is 23.2. The topological polar surface area (TPSA) is 261 Å². The van der Waals surface area contributed by atoms with Gasteiger partial charge in [0.25, 0.3) is 11.8 Å². The number of benzene rings is 6. The van der Waals surface area contributed by atoms with Crippen molar-refractivity contribution in [1.29, 1.82) is 0 Å². The molecule has 7 rings (SSSR count). The van der Waals surface area contributed by atoms with Crippen LogP contribution in [0.2, 0.25) is 0 Å². The summed E-state index contributed by atoms with van der Waals surface area (Å²) in [7, 11) is -9.39. The molecule has 0 aromatic heterocycles. The van der Waals surface area contributed by atoms with Gasteiger partial charge in [0.2, 0.25) is 0 Å². The van der Waals surface area contributed by atoms with Crippen molar-refractivity contribution in [2.24, 2.45) is 0 Å². The molecule has 2 amide bonds. The summed E-state index contributed by atoms with van der Waals surface area (Å²) in [5.41, 5.74) is 16.3. The fraction of sp³-hybridized carbons (Fsp3) is 0.150. The van der Waals surface area contributed by atoms with Crippen LogP contribution in [-0.4, -0.2) is 60.1 Å². The number of nitrogens with one attached hydrogen (secondary N) is 4. The molecule has 0 bridgehead atoms. The van der Waals surface area contributed by atoms with E-state index in [0.29, 0.717) is 44.0 Å². The SMILES string of the molecule is O=C(Nc1ccc2c(O)cc(S(=O)(=O)[O-])cc2c1)c1ccccc1.O=C(Nc1ccc2c(O)cc(S(=O)(=O)[O-])cc2c1)c1ccccc1.[NH-]C1CCCCC1[NH-].[Pt+4]. The van der Waals surface area contributed by atoms with Crippen LogP contribution in [0.5, 0.6) is 11.5 Å². The van der Waals surface area contributed by atoms with Crippen LogP contribution in [0.1, 0.15) is 46.4 Å². The number of phenolic OH excluding ortho intramolecular Hbond substituents is 2. The number of hydrogen-bond acceptors (Lipinski definition) is 10. The number of carbonyl (C=O) groups excluding carboxylic acids is 2. The third-order valence-corrected chi connectivity index (χ3v) is 10.4. The van der Waals surface area contributed by atoms with Crippen LogP contribution in [0.4, 0.5) is 11.4 Å². The number of aromatic hydroxyl groups is 2. The molecule has 57 heavy (non-hydrogen) atoms. The molecule has 6 aromatic carbocycles. The molecular weight excluding hydrogens is 956 g/mol. The Bertz CT molecular complexity index is 2420. The van der Waals surface area contributed by atoms with Crippen LogP contribution in [0.3, 0.4) is 0 Å². The van der Waals surface area contributed by atoms with Crippen molar-refractivity contribution in [3.63, 3.8) is 0 Å². The Morgan fingerprint density at radius 3 is 1.23 bits per heavy atom.